The van der Waals surface area contributed by atoms with Crippen LogP contribution in [0.1, 0.15) is 37.7 Å². The van der Waals surface area contributed by atoms with Gasteiger partial charge in [-0.25, -0.2) is 26.6 Å². The number of hydrogen-bond acceptors (Lipinski definition) is 5. The van der Waals surface area contributed by atoms with Crippen molar-refractivity contribution in [2.45, 2.75) is 49.3 Å². The van der Waals surface area contributed by atoms with E-state index >= 15 is 0 Å². The van der Waals surface area contributed by atoms with Gasteiger partial charge in [0.25, 0.3) is 0 Å². The first-order valence-corrected chi connectivity index (χ1v) is 11.4. The van der Waals surface area contributed by atoms with Crippen LogP contribution in [-0.2, 0) is 10.0 Å². The number of hydrogen-bond donors (Lipinski definition) is 1. The maximum atomic E-state index is 14.0. The molecule has 2 atom stereocenters. The minimum Gasteiger partial charge on any atom is -0.493 e. The van der Waals surface area contributed by atoms with Crippen LogP contribution >= 0.6 is 0 Å². The van der Waals surface area contributed by atoms with Crippen LogP contribution in [0.5, 0.6) is 5.75 Å². The van der Waals surface area contributed by atoms with Crippen LogP contribution in [0.25, 0.3) is 5.69 Å². The van der Waals surface area contributed by atoms with Gasteiger partial charge in [0.05, 0.1) is 29.3 Å². The van der Waals surface area contributed by atoms with Gasteiger partial charge in [-0.1, -0.05) is 0 Å². The van der Waals surface area contributed by atoms with E-state index < -0.39 is 39.6 Å². The Balaban J connectivity index is 1.41. The van der Waals surface area contributed by atoms with E-state index in [-0.39, 0.29) is 19.4 Å². The van der Waals surface area contributed by atoms with E-state index in [2.05, 4.69) is 9.82 Å². The summed E-state index contributed by atoms with van der Waals surface area (Å²) < 4.78 is 62.4. The lowest BCUT2D eigenvalue weighted by molar-refractivity contribution is -0.0661. The molecule has 2 aliphatic carbocycles. The zero-order valence-corrected chi connectivity index (χ0v) is 17.0. The zero-order valence-electron chi connectivity index (χ0n) is 16.2. The number of nitriles is 1. The largest absolute Gasteiger partial charge is 0.493 e. The average molecular weight is 436 g/mol. The van der Waals surface area contributed by atoms with Crippen molar-refractivity contribution in [1.29, 1.82) is 5.26 Å². The van der Waals surface area contributed by atoms with Crippen molar-refractivity contribution in [3.63, 3.8) is 0 Å². The average Bonchev–Trinajstić information content (AvgIpc) is 3.47. The van der Waals surface area contributed by atoms with Crippen molar-refractivity contribution < 1.29 is 21.9 Å². The Morgan fingerprint density at radius 3 is 2.63 bits per heavy atom. The molecule has 2 fully saturated rings. The van der Waals surface area contributed by atoms with Gasteiger partial charge in [0.15, 0.2) is 0 Å². The van der Waals surface area contributed by atoms with Gasteiger partial charge >= 0.3 is 0 Å². The zero-order chi connectivity index (χ0) is 21.4. The molecule has 2 aliphatic rings. The molecule has 4 rings (SSSR count). The quantitative estimate of drug-likeness (QED) is 0.720. The van der Waals surface area contributed by atoms with Crippen LogP contribution in [0.3, 0.4) is 0 Å². The number of ether oxygens (including phenoxy) is 1. The van der Waals surface area contributed by atoms with E-state index in [0.717, 1.165) is 5.69 Å². The first-order valence-electron chi connectivity index (χ1n) is 9.83. The Morgan fingerprint density at radius 1 is 1.27 bits per heavy atom. The van der Waals surface area contributed by atoms with Crippen LogP contribution in [0.15, 0.2) is 36.7 Å². The summed E-state index contributed by atoms with van der Waals surface area (Å²) in [5.41, 5.74) is 1.16. The van der Waals surface area contributed by atoms with Crippen LogP contribution < -0.4 is 9.46 Å². The Bertz CT molecular complexity index is 1040. The van der Waals surface area contributed by atoms with E-state index in [1.54, 1.807) is 35.1 Å². The van der Waals surface area contributed by atoms with Crippen molar-refractivity contribution in [3.05, 3.63) is 42.2 Å². The van der Waals surface area contributed by atoms with Gasteiger partial charge in [0, 0.05) is 31.0 Å². The Kier molecular flexibility index (Phi) is 5.51. The van der Waals surface area contributed by atoms with E-state index in [9.17, 15) is 17.2 Å². The van der Waals surface area contributed by atoms with Crippen molar-refractivity contribution in [2.75, 3.05) is 6.61 Å². The molecule has 7 nitrogen and oxygen atoms in total. The van der Waals surface area contributed by atoms with Gasteiger partial charge in [0.2, 0.25) is 15.9 Å². The Labute approximate surface area is 173 Å². The molecule has 2 saturated carbocycles. The molecule has 0 spiro atoms. The minimum atomic E-state index is -3.46. The number of nitrogens with one attached hydrogen (secondary N) is 1. The molecule has 1 N–H and O–H groups in total. The number of nitrogens with zero attached hydrogens (tertiary/aromatic N) is 3. The molecular formula is C20H22F2N4O3S. The molecule has 160 valence electrons. The molecular weight excluding hydrogens is 414 g/mol. The summed E-state index contributed by atoms with van der Waals surface area (Å²) >= 11 is 0. The Hall–Kier alpha value is -2.51. The maximum absolute atomic E-state index is 14.0. The van der Waals surface area contributed by atoms with E-state index in [1.165, 1.54) is 6.20 Å². The van der Waals surface area contributed by atoms with Gasteiger partial charge in [0.1, 0.15) is 11.8 Å². The summed E-state index contributed by atoms with van der Waals surface area (Å²) in [4.78, 5) is 0. The van der Waals surface area contributed by atoms with Gasteiger partial charge in [-0.05, 0) is 43.5 Å². The second-order valence-electron chi connectivity index (χ2n) is 7.92. The first kappa shape index (κ1) is 20.8. The monoisotopic (exact) mass is 436 g/mol. The number of aromatic nitrogens is 2. The molecule has 30 heavy (non-hydrogen) atoms. The first-order chi connectivity index (χ1) is 14.3. The third-order valence-corrected chi connectivity index (χ3v) is 7.49. The molecule has 1 heterocycles. The van der Waals surface area contributed by atoms with Crippen LogP contribution in [0.2, 0.25) is 0 Å². The summed E-state index contributed by atoms with van der Waals surface area (Å²) in [6.07, 6.45) is 3.65. The predicted molar refractivity (Wildman–Crippen MR) is 105 cm³/mol. The van der Waals surface area contributed by atoms with Crippen molar-refractivity contribution in [3.8, 4) is 17.5 Å². The summed E-state index contributed by atoms with van der Waals surface area (Å²) in [6, 6.07) is 8.31. The highest BCUT2D eigenvalue weighted by atomic mass is 32.2. The van der Waals surface area contributed by atoms with Crippen molar-refractivity contribution in [2.24, 2.45) is 5.92 Å². The molecule has 10 heteroatoms. The molecule has 0 saturated heterocycles. The molecule has 1 aromatic heterocycles. The molecule has 0 bridgehead atoms. The standard InChI is InChI=1S/C20H22F2N4O3S/c21-20(22)8-7-19(25-30(27,28)18-5-6-18)15(9-20)13-29-17-3-1-16(2-4-17)26-12-14(10-23)11-24-26/h1-4,11-12,15,18-19,25H,5-9,13H2/t15-,19-/m0/s1. The SMILES string of the molecule is N#Cc1cnn(-c2ccc(OC[C@@H]3CC(F)(F)CC[C@@H]3NS(=O)(=O)C3CC3)cc2)c1. The Morgan fingerprint density at radius 2 is 2.00 bits per heavy atom. The topological polar surface area (TPSA) is 97.0 Å². The number of benzene rings is 1. The number of rotatable bonds is 7. The fourth-order valence-corrected chi connectivity index (χ4v) is 5.35. The smallest absolute Gasteiger partial charge is 0.248 e. The highest BCUT2D eigenvalue weighted by molar-refractivity contribution is 7.90. The third-order valence-electron chi connectivity index (χ3n) is 5.51. The second-order valence-corrected chi connectivity index (χ2v) is 9.91. The number of alkyl halides is 2. The summed E-state index contributed by atoms with van der Waals surface area (Å²) in [5.74, 6) is -2.95. The van der Waals surface area contributed by atoms with E-state index in [0.29, 0.717) is 24.2 Å². The minimum absolute atomic E-state index is 0.00681. The van der Waals surface area contributed by atoms with E-state index in [4.69, 9.17) is 10.00 Å². The number of halogens is 2. The van der Waals surface area contributed by atoms with Gasteiger partial charge in [-0.2, -0.15) is 10.4 Å². The fourth-order valence-electron chi connectivity index (χ4n) is 3.67. The van der Waals surface area contributed by atoms with E-state index in [1.807, 2.05) is 6.07 Å². The van der Waals surface area contributed by atoms with Crippen molar-refractivity contribution >= 4 is 10.0 Å². The van der Waals surface area contributed by atoms with Crippen molar-refractivity contribution in [1.82, 2.24) is 14.5 Å². The van der Waals surface area contributed by atoms with Gasteiger partial charge in [-0.3, -0.25) is 0 Å². The summed E-state index contributed by atoms with van der Waals surface area (Å²) in [6.45, 7) is -0.00681. The lowest BCUT2D eigenvalue weighted by Crippen LogP contribution is -2.49. The summed E-state index contributed by atoms with van der Waals surface area (Å²) in [7, 11) is -3.46. The van der Waals surface area contributed by atoms with Crippen LogP contribution in [0.4, 0.5) is 8.78 Å². The molecule has 0 radical (unpaired) electrons. The van der Waals surface area contributed by atoms with Crippen LogP contribution in [0, 0.1) is 17.2 Å². The second kappa shape index (κ2) is 7.96. The lowest BCUT2D eigenvalue weighted by Gasteiger charge is -2.36. The third kappa shape index (κ3) is 4.79. The normalized spacial score (nSPS) is 23.6. The highest BCUT2D eigenvalue weighted by Crippen LogP contribution is 2.38. The molecule has 0 aliphatic heterocycles. The van der Waals surface area contributed by atoms with Crippen LogP contribution in [-0.4, -0.2) is 42.0 Å². The molecule has 2 aromatic rings. The van der Waals surface area contributed by atoms with Gasteiger partial charge < -0.3 is 4.74 Å². The summed E-state index contributed by atoms with van der Waals surface area (Å²) in [5, 5.41) is 12.6. The number of sulfonamides is 1. The predicted octanol–water partition coefficient (Wildman–Crippen LogP) is 3.01. The highest BCUT2D eigenvalue weighted by Gasteiger charge is 2.45. The molecule has 1 aromatic carbocycles. The fraction of sp³-hybridized carbons (Fsp3) is 0.500. The molecule has 0 amide bonds. The maximum Gasteiger partial charge on any atom is 0.248 e. The lowest BCUT2D eigenvalue weighted by atomic mass is 9.83. The van der Waals surface area contributed by atoms with Gasteiger partial charge in [-0.15, -0.1) is 0 Å². The molecule has 0 unspecified atom stereocenters.